The molecule has 9 heteroatoms. The van der Waals surface area contributed by atoms with Gasteiger partial charge in [0.25, 0.3) is 5.91 Å². The summed E-state index contributed by atoms with van der Waals surface area (Å²) in [4.78, 5) is 27.3. The van der Waals surface area contributed by atoms with Gasteiger partial charge in [0.05, 0.1) is 40.0 Å². The quantitative estimate of drug-likeness (QED) is 0.388. The monoisotopic (exact) mass is 539 g/mol. The van der Waals surface area contributed by atoms with Gasteiger partial charge < -0.3 is 29.0 Å². The number of aryl methyl sites for hydroxylation is 1. The number of para-hydroxylation sites is 1. The summed E-state index contributed by atoms with van der Waals surface area (Å²) in [5.41, 5.74) is 3.53. The summed E-state index contributed by atoms with van der Waals surface area (Å²) in [5.74, 6) is 0.124. The number of rotatable bonds is 9. The number of carboxylic acid groups (broad SMARTS) is 1. The third-order valence-corrected chi connectivity index (χ3v) is 6.82. The lowest BCUT2D eigenvalue weighted by Gasteiger charge is -2.26. The van der Waals surface area contributed by atoms with Crippen molar-refractivity contribution in [2.75, 3.05) is 26.2 Å². The minimum Gasteiger partial charge on any atom is -0.497 e. The van der Waals surface area contributed by atoms with Crippen molar-refractivity contribution in [1.82, 2.24) is 0 Å². The first-order valence-corrected chi connectivity index (χ1v) is 12.5. The molecule has 4 rings (SSSR count). The molecule has 0 saturated carbocycles. The van der Waals surface area contributed by atoms with Crippen molar-refractivity contribution in [1.29, 1.82) is 0 Å². The van der Waals surface area contributed by atoms with Gasteiger partial charge >= 0.3 is 5.97 Å². The molecule has 0 unspecified atom stereocenters. The first-order valence-electron chi connectivity index (χ1n) is 12.2. The predicted molar refractivity (Wildman–Crippen MR) is 144 cm³/mol. The molecule has 3 aromatic carbocycles. The third kappa shape index (κ3) is 5.42. The fourth-order valence-electron chi connectivity index (χ4n) is 4.76. The van der Waals surface area contributed by atoms with Crippen molar-refractivity contribution >= 4 is 29.2 Å². The number of aliphatic carboxylic acids is 1. The minimum atomic E-state index is -1.26. The largest absolute Gasteiger partial charge is 0.497 e. The number of anilines is 1. The highest BCUT2D eigenvalue weighted by Gasteiger charge is 2.39. The van der Waals surface area contributed by atoms with Crippen LogP contribution in [0, 0.1) is 0 Å². The lowest BCUT2D eigenvalue weighted by molar-refractivity contribution is -0.147. The number of carbonyl (C=O) groups excluding carboxylic acids is 1. The number of nitrogens with zero attached hydrogens (tertiary/aromatic N) is 1. The van der Waals surface area contributed by atoms with E-state index in [1.807, 2.05) is 31.2 Å². The van der Waals surface area contributed by atoms with Crippen molar-refractivity contribution in [2.24, 2.45) is 0 Å². The third-order valence-electron chi connectivity index (χ3n) is 6.58. The molecule has 3 aromatic rings. The Morgan fingerprint density at radius 1 is 1.00 bits per heavy atom. The highest BCUT2D eigenvalue weighted by Crippen LogP contribution is 2.44. The molecule has 0 aromatic heterocycles. The minimum absolute atomic E-state index is 0.110. The number of fused-ring (bicyclic) bond motifs is 1. The van der Waals surface area contributed by atoms with E-state index in [2.05, 4.69) is 0 Å². The number of carbonyl (C=O) groups is 2. The van der Waals surface area contributed by atoms with Gasteiger partial charge in [0.15, 0.2) is 0 Å². The summed E-state index contributed by atoms with van der Waals surface area (Å²) < 4.78 is 23.0. The zero-order valence-electron chi connectivity index (χ0n) is 21.7. The van der Waals surface area contributed by atoms with Gasteiger partial charge in [-0.05, 0) is 42.3 Å². The van der Waals surface area contributed by atoms with Crippen LogP contribution < -0.4 is 19.1 Å². The molecule has 0 radical (unpaired) electrons. The molecule has 0 aliphatic carbocycles. The molecular formula is C29H30ClNO7. The molecule has 0 bridgehead atoms. The Kier molecular flexibility index (Phi) is 8.44. The first-order chi connectivity index (χ1) is 18.3. The topological polar surface area (TPSA) is 94.5 Å². The fourth-order valence-corrected chi connectivity index (χ4v) is 4.94. The van der Waals surface area contributed by atoms with E-state index in [0.717, 1.165) is 5.56 Å². The van der Waals surface area contributed by atoms with Gasteiger partial charge in [-0.15, -0.1) is 0 Å². The summed E-state index contributed by atoms with van der Waals surface area (Å²) in [5, 5.41) is 10.1. The van der Waals surface area contributed by atoms with Gasteiger partial charge in [0.1, 0.15) is 29.5 Å². The first kappa shape index (κ1) is 27.3. The average molecular weight is 540 g/mol. The van der Waals surface area contributed by atoms with Crippen LogP contribution in [-0.4, -0.2) is 44.4 Å². The van der Waals surface area contributed by atoms with E-state index in [1.165, 1.54) is 12.0 Å². The number of methoxy groups -OCH3 is 3. The van der Waals surface area contributed by atoms with E-state index in [-0.39, 0.29) is 6.54 Å². The molecule has 0 spiro atoms. The molecule has 1 aliphatic heterocycles. The Hall–Kier alpha value is -3.75. The molecule has 0 fully saturated rings. The summed E-state index contributed by atoms with van der Waals surface area (Å²) in [6.07, 6.45) is -1.86. The SMILES string of the molecule is CCc1cccc([C@H]2O[C@H](CC(=O)O)C(=O)N(Cc3ccc(OC)cc3OC)c3ccc(Cl)cc32)c1OC. The van der Waals surface area contributed by atoms with Crippen molar-refractivity contribution in [3.8, 4) is 17.2 Å². The highest BCUT2D eigenvalue weighted by atomic mass is 35.5. The lowest BCUT2D eigenvalue weighted by Crippen LogP contribution is -2.40. The van der Waals surface area contributed by atoms with Crippen LogP contribution in [0.3, 0.4) is 0 Å². The Morgan fingerprint density at radius 3 is 2.45 bits per heavy atom. The Bertz CT molecular complexity index is 1340. The standard InChI is InChI=1S/C29H30ClNO7/c1-5-17-7-6-8-21(27(17)37-4)28-22-13-19(30)10-12-23(22)31(29(34)25(38-28)15-26(32)33)16-18-9-11-20(35-2)14-24(18)36-3/h6-14,25,28H,5,15-16H2,1-4H3,(H,32,33)/t25-,28-/m1/s1. The van der Waals surface area contributed by atoms with Crippen molar-refractivity contribution in [2.45, 2.75) is 38.5 Å². The van der Waals surface area contributed by atoms with Gasteiger partial charge in [-0.1, -0.05) is 36.7 Å². The van der Waals surface area contributed by atoms with Crippen molar-refractivity contribution in [3.05, 3.63) is 81.9 Å². The van der Waals surface area contributed by atoms with E-state index < -0.39 is 30.5 Å². The Balaban J connectivity index is 1.91. The number of carboxylic acids is 1. The molecule has 38 heavy (non-hydrogen) atoms. The van der Waals surface area contributed by atoms with Crippen LogP contribution in [0.25, 0.3) is 0 Å². The number of hydrogen-bond donors (Lipinski definition) is 1. The average Bonchev–Trinajstić information content (AvgIpc) is 3.02. The molecule has 8 nitrogen and oxygen atoms in total. The van der Waals surface area contributed by atoms with E-state index in [0.29, 0.717) is 51.1 Å². The van der Waals surface area contributed by atoms with Crippen LogP contribution in [-0.2, 0) is 27.3 Å². The fraction of sp³-hybridized carbons (Fsp3) is 0.310. The molecule has 1 aliphatic rings. The van der Waals surface area contributed by atoms with E-state index in [1.54, 1.807) is 44.6 Å². The van der Waals surface area contributed by atoms with Crippen LogP contribution in [0.1, 0.15) is 41.7 Å². The van der Waals surface area contributed by atoms with Gasteiger partial charge in [0, 0.05) is 27.8 Å². The molecule has 1 N–H and O–H groups in total. The Labute approximate surface area is 226 Å². The summed E-state index contributed by atoms with van der Waals surface area (Å²) in [7, 11) is 4.67. The second-order valence-electron chi connectivity index (χ2n) is 8.80. The van der Waals surface area contributed by atoms with Gasteiger partial charge in [-0.2, -0.15) is 0 Å². The highest BCUT2D eigenvalue weighted by molar-refractivity contribution is 6.30. The normalized spacial score (nSPS) is 17.0. The summed E-state index contributed by atoms with van der Waals surface area (Å²) >= 11 is 6.44. The summed E-state index contributed by atoms with van der Waals surface area (Å²) in [6.45, 7) is 2.13. The smallest absolute Gasteiger partial charge is 0.306 e. The summed E-state index contributed by atoms with van der Waals surface area (Å²) in [6, 6.07) is 16.2. The maximum Gasteiger partial charge on any atom is 0.306 e. The number of amides is 1. The molecule has 1 heterocycles. The van der Waals surface area contributed by atoms with E-state index in [4.69, 9.17) is 30.5 Å². The van der Waals surface area contributed by atoms with Gasteiger partial charge in [-0.25, -0.2) is 0 Å². The predicted octanol–water partition coefficient (Wildman–Crippen LogP) is 5.42. The lowest BCUT2D eigenvalue weighted by atomic mass is 9.95. The zero-order chi connectivity index (χ0) is 27.4. The molecule has 200 valence electrons. The van der Waals surface area contributed by atoms with Crippen LogP contribution >= 0.6 is 11.6 Å². The second-order valence-corrected chi connectivity index (χ2v) is 9.24. The maximum absolute atomic E-state index is 13.9. The number of benzene rings is 3. The number of ether oxygens (including phenoxy) is 4. The zero-order valence-corrected chi connectivity index (χ0v) is 22.4. The van der Waals surface area contributed by atoms with Crippen LogP contribution in [0.15, 0.2) is 54.6 Å². The van der Waals surface area contributed by atoms with Crippen LogP contribution in [0.4, 0.5) is 5.69 Å². The van der Waals surface area contributed by atoms with E-state index >= 15 is 0 Å². The second kappa shape index (κ2) is 11.8. The number of halogens is 1. The van der Waals surface area contributed by atoms with Crippen molar-refractivity contribution < 1.29 is 33.6 Å². The van der Waals surface area contributed by atoms with E-state index in [9.17, 15) is 14.7 Å². The van der Waals surface area contributed by atoms with Gasteiger partial charge in [-0.3, -0.25) is 9.59 Å². The molecular weight excluding hydrogens is 510 g/mol. The number of hydrogen-bond acceptors (Lipinski definition) is 6. The maximum atomic E-state index is 13.9. The van der Waals surface area contributed by atoms with Gasteiger partial charge in [0.2, 0.25) is 0 Å². The molecule has 2 atom stereocenters. The van der Waals surface area contributed by atoms with Crippen LogP contribution in [0.2, 0.25) is 5.02 Å². The molecule has 0 saturated heterocycles. The Morgan fingerprint density at radius 2 is 1.79 bits per heavy atom. The van der Waals surface area contributed by atoms with Crippen LogP contribution in [0.5, 0.6) is 17.2 Å². The van der Waals surface area contributed by atoms with Crippen molar-refractivity contribution in [3.63, 3.8) is 0 Å². The molecule has 1 amide bonds.